The van der Waals surface area contributed by atoms with E-state index in [9.17, 15) is 4.79 Å². The van der Waals surface area contributed by atoms with E-state index in [2.05, 4.69) is 15.4 Å². The lowest BCUT2D eigenvalue weighted by molar-refractivity contribution is 0.183. The second-order valence-corrected chi connectivity index (χ2v) is 4.85. The number of anilines is 1. The van der Waals surface area contributed by atoms with Crippen LogP contribution in [0.3, 0.4) is 0 Å². The SMILES string of the molecule is Cc1cc(NC2COCC2n2ncccc2=O)ccn1. The van der Waals surface area contributed by atoms with Crippen LogP contribution in [0.2, 0.25) is 0 Å². The van der Waals surface area contributed by atoms with E-state index in [0.717, 1.165) is 11.4 Å². The van der Waals surface area contributed by atoms with Crippen molar-refractivity contribution in [2.45, 2.75) is 19.0 Å². The molecule has 1 aliphatic rings. The Morgan fingerprint density at radius 1 is 1.35 bits per heavy atom. The van der Waals surface area contributed by atoms with Crippen LogP contribution in [0.15, 0.2) is 41.5 Å². The maximum absolute atomic E-state index is 11.9. The average Bonchev–Trinajstić information content (AvgIpc) is 2.87. The van der Waals surface area contributed by atoms with Gasteiger partial charge >= 0.3 is 0 Å². The first kappa shape index (κ1) is 12.8. The van der Waals surface area contributed by atoms with Crippen LogP contribution >= 0.6 is 0 Å². The van der Waals surface area contributed by atoms with Gasteiger partial charge in [-0.15, -0.1) is 0 Å². The number of pyridine rings is 1. The molecule has 0 amide bonds. The van der Waals surface area contributed by atoms with Crippen LogP contribution in [0.5, 0.6) is 0 Å². The van der Waals surface area contributed by atoms with Gasteiger partial charge in [0.15, 0.2) is 0 Å². The summed E-state index contributed by atoms with van der Waals surface area (Å²) in [5.41, 5.74) is 1.81. The molecule has 3 rings (SSSR count). The van der Waals surface area contributed by atoms with Gasteiger partial charge in [-0.3, -0.25) is 9.78 Å². The molecule has 20 heavy (non-hydrogen) atoms. The quantitative estimate of drug-likeness (QED) is 0.902. The highest BCUT2D eigenvalue weighted by Gasteiger charge is 2.31. The van der Waals surface area contributed by atoms with E-state index in [1.807, 2.05) is 19.1 Å². The van der Waals surface area contributed by atoms with Gasteiger partial charge in [0.25, 0.3) is 5.56 Å². The zero-order valence-corrected chi connectivity index (χ0v) is 11.2. The van der Waals surface area contributed by atoms with E-state index in [1.165, 1.54) is 10.7 Å². The highest BCUT2D eigenvalue weighted by atomic mass is 16.5. The Kier molecular flexibility index (Phi) is 3.47. The van der Waals surface area contributed by atoms with Crippen molar-refractivity contribution in [1.82, 2.24) is 14.8 Å². The molecule has 0 radical (unpaired) electrons. The van der Waals surface area contributed by atoms with E-state index in [1.54, 1.807) is 18.5 Å². The first-order valence-electron chi connectivity index (χ1n) is 6.55. The smallest absolute Gasteiger partial charge is 0.267 e. The number of aryl methyl sites for hydroxylation is 1. The third-order valence-electron chi connectivity index (χ3n) is 3.36. The number of hydrogen-bond acceptors (Lipinski definition) is 5. The van der Waals surface area contributed by atoms with Crippen LogP contribution in [0, 0.1) is 6.92 Å². The van der Waals surface area contributed by atoms with Crippen LogP contribution in [0.25, 0.3) is 0 Å². The molecule has 104 valence electrons. The monoisotopic (exact) mass is 272 g/mol. The standard InChI is InChI=1S/C14H16N4O2/c1-10-7-11(4-6-15-10)17-12-8-20-9-13(12)18-14(19)3-2-5-16-18/h2-7,12-13H,8-9H2,1H3,(H,15,17). The zero-order valence-electron chi connectivity index (χ0n) is 11.2. The Hall–Kier alpha value is -2.21. The van der Waals surface area contributed by atoms with Crippen LogP contribution in [0.4, 0.5) is 5.69 Å². The van der Waals surface area contributed by atoms with Gasteiger partial charge in [-0.05, 0) is 25.1 Å². The fourth-order valence-corrected chi connectivity index (χ4v) is 2.39. The number of hydrogen-bond donors (Lipinski definition) is 1. The predicted molar refractivity (Wildman–Crippen MR) is 74.7 cm³/mol. The van der Waals surface area contributed by atoms with Crippen LogP contribution in [-0.2, 0) is 4.74 Å². The van der Waals surface area contributed by atoms with Crippen molar-refractivity contribution in [1.29, 1.82) is 0 Å². The Morgan fingerprint density at radius 2 is 2.25 bits per heavy atom. The maximum Gasteiger partial charge on any atom is 0.267 e. The molecule has 2 aromatic rings. The summed E-state index contributed by atoms with van der Waals surface area (Å²) in [4.78, 5) is 16.0. The summed E-state index contributed by atoms with van der Waals surface area (Å²) in [7, 11) is 0. The minimum absolute atomic E-state index is 0.0180. The Labute approximate surface area is 116 Å². The van der Waals surface area contributed by atoms with E-state index in [-0.39, 0.29) is 17.6 Å². The predicted octanol–water partition coefficient (Wildman–Crippen LogP) is 0.999. The molecule has 0 bridgehead atoms. The Morgan fingerprint density at radius 3 is 3.05 bits per heavy atom. The first-order chi connectivity index (χ1) is 9.74. The first-order valence-corrected chi connectivity index (χ1v) is 6.55. The molecule has 1 N–H and O–H groups in total. The molecule has 6 heteroatoms. The molecule has 1 saturated heterocycles. The third-order valence-corrected chi connectivity index (χ3v) is 3.36. The van der Waals surface area contributed by atoms with Gasteiger partial charge in [0.1, 0.15) is 6.04 Å². The molecule has 1 fully saturated rings. The second kappa shape index (κ2) is 5.42. The fourth-order valence-electron chi connectivity index (χ4n) is 2.39. The van der Waals surface area contributed by atoms with Crippen LogP contribution in [0.1, 0.15) is 11.7 Å². The minimum Gasteiger partial charge on any atom is -0.378 e. The van der Waals surface area contributed by atoms with Crippen molar-refractivity contribution >= 4 is 5.69 Å². The Balaban J connectivity index is 1.83. The second-order valence-electron chi connectivity index (χ2n) is 4.85. The van der Waals surface area contributed by atoms with E-state index >= 15 is 0 Å². The molecule has 3 heterocycles. The van der Waals surface area contributed by atoms with Crippen molar-refractivity contribution in [2.24, 2.45) is 0 Å². The summed E-state index contributed by atoms with van der Waals surface area (Å²) in [6.07, 6.45) is 3.38. The summed E-state index contributed by atoms with van der Waals surface area (Å²) in [6, 6.07) is 6.95. The number of aromatic nitrogens is 3. The molecule has 0 aromatic carbocycles. The Bertz CT molecular complexity index is 655. The fraction of sp³-hybridized carbons (Fsp3) is 0.357. The van der Waals surface area contributed by atoms with Gasteiger partial charge in [-0.1, -0.05) is 0 Å². The molecule has 0 aliphatic carbocycles. The van der Waals surface area contributed by atoms with Gasteiger partial charge in [-0.2, -0.15) is 5.10 Å². The topological polar surface area (TPSA) is 69.0 Å². The van der Waals surface area contributed by atoms with E-state index < -0.39 is 0 Å². The summed E-state index contributed by atoms with van der Waals surface area (Å²) in [5.74, 6) is 0. The summed E-state index contributed by atoms with van der Waals surface area (Å²) >= 11 is 0. The highest BCUT2D eigenvalue weighted by Crippen LogP contribution is 2.21. The lowest BCUT2D eigenvalue weighted by Crippen LogP contribution is -2.36. The molecule has 2 atom stereocenters. The number of nitrogens with zero attached hydrogens (tertiary/aromatic N) is 3. The van der Waals surface area contributed by atoms with Crippen molar-refractivity contribution in [3.05, 3.63) is 52.7 Å². The molecule has 2 unspecified atom stereocenters. The lowest BCUT2D eigenvalue weighted by Gasteiger charge is -2.21. The van der Waals surface area contributed by atoms with Gasteiger partial charge in [0.2, 0.25) is 0 Å². The summed E-state index contributed by atoms with van der Waals surface area (Å²) < 4.78 is 6.99. The number of nitrogens with one attached hydrogen (secondary N) is 1. The highest BCUT2D eigenvalue weighted by molar-refractivity contribution is 5.44. The molecule has 2 aromatic heterocycles. The van der Waals surface area contributed by atoms with Crippen molar-refractivity contribution in [3.63, 3.8) is 0 Å². The van der Waals surface area contributed by atoms with E-state index in [0.29, 0.717) is 13.2 Å². The van der Waals surface area contributed by atoms with Gasteiger partial charge in [-0.25, -0.2) is 4.68 Å². The molecule has 6 nitrogen and oxygen atoms in total. The molecule has 0 spiro atoms. The average molecular weight is 272 g/mol. The summed E-state index contributed by atoms with van der Waals surface area (Å²) in [5, 5.41) is 7.53. The lowest BCUT2D eigenvalue weighted by atomic mass is 10.1. The summed E-state index contributed by atoms with van der Waals surface area (Å²) in [6.45, 7) is 2.98. The van der Waals surface area contributed by atoms with Crippen molar-refractivity contribution in [3.8, 4) is 0 Å². The normalized spacial score (nSPS) is 21.9. The molecular formula is C14H16N4O2. The van der Waals surface area contributed by atoms with Crippen LogP contribution in [-0.4, -0.2) is 34.0 Å². The molecular weight excluding hydrogens is 256 g/mol. The third kappa shape index (κ3) is 2.55. The van der Waals surface area contributed by atoms with Gasteiger partial charge < -0.3 is 10.1 Å². The zero-order chi connectivity index (χ0) is 13.9. The molecule has 0 saturated carbocycles. The number of ether oxygens (including phenoxy) is 1. The van der Waals surface area contributed by atoms with Crippen LogP contribution < -0.4 is 10.9 Å². The van der Waals surface area contributed by atoms with Crippen molar-refractivity contribution in [2.75, 3.05) is 18.5 Å². The number of rotatable bonds is 3. The molecule has 1 aliphatic heterocycles. The van der Waals surface area contributed by atoms with Gasteiger partial charge in [0.05, 0.1) is 19.3 Å². The van der Waals surface area contributed by atoms with Crippen molar-refractivity contribution < 1.29 is 4.74 Å². The largest absolute Gasteiger partial charge is 0.378 e. The van der Waals surface area contributed by atoms with E-state index in [4.69, 9.17) is 4.74 Å². The minimum atomic E-state index is -0.110. The van der Waals surface area contributed by atoms with Gasteiger partial charge in [0, 0.05) is 29.8 Å². The maximum atomic E-state index is 11.9.